The Kier molecular flexibility index (Phi) is 5.51. The molecule has 4 unspecified atom stereocenters. The van der Waals surface area contributed by atoms with Gasteiger partial charge in [-0.1, -0.05) is 12.1 Å². The van der Waals surface area contributed by atoms with Crippen molar-refractivity contribution in [1.29, 1.82) is 0 Å². The molecule has 2 N–H and O–H groups in total. The van der Waals surface area contributed by atoms with Gasteiger partial charge < -0.3 is 15.1 Å². The van der Waals surface area contributed by atoms with Crippen LogP contribution in [0.3, 0.4) is 0 Å². The number of nitro benzene ring substituents is 1. The Morgan fingerprint density at radius 2 is 1.79 bits per heavy atom. The molecule has 8 heteroatoms. The summed E-state index contributed by atoms with van der Waals surface area (Å²) >= 11 is 0. The lowest BCUT2D eigenvalue weighted by Crippen LogP contribution is -2.40. The van der Waals surface area contributed by atoms with Gasteiger partial charge in [0, 0.05) is 42.8 Å². The first-order valence-corrected chi connectivity index (χ1v) is 9.31. The number of likely N-dealkylation sites (tertiary alicyclic amines) is 1. The average Bonchev–Trinajstić information content (AvgIpc) is 3.32. The molecule has 8 nitrogen and oxygen atoms in total. The van der Waals surface area contributed by atoms with Gasteiger partial charge >= 0.3 is 11.9 Å². The average molecular weight is 388 g/mol. The van der Waals surface area contributed by atoms with Crippen LogP contribution in [0.2, 0.25) is 0 Å². The van der Waals surface area contributed by atoms with Gasteiger partial charge in [-0.2, -0.15) is 0 Å². The van der Waals surface area contributed by atoms with Gasteiger partial charge in [0.25, 0.3) is 5.69 Å². The molecule has 0 aromatic heterocycles. The first-order valence-electron chi connectivity index (χ1n) is 9.31. The van der Waals surface area contributed by atoms with Crippen LogP contribution in [-0.4, -0.2) is 52.1 Å². The van der Waals surface area contributed by atoms with Crippen LogP contribution in [0.25, 0.3) is 0 Å². The summed E-state index contributed by atoms with van der Waals surface area (Å²) in [7, 11) is 2.21. The predicted molar refractivity (Wildman–Crippen MR) is 101 cm³/mol. The van der Waals surface area contributed by atoms with Gasteiger partial charge in [-0.05, 0) is 49.6 Å². The monoisotopic (exact) mass is 388 g/mol. The zero-order valence-electron chi connectivity index (χ0n) is 15.7. The predicted octanol–water partition coefficient (Wildman–Crippen LogP) is 2.54. The largest absolute Gasteiger partial charge is 0.478 e. The van der Waals surface area contributed by atoms with Crippen molar-refractivity contribution in [3.05, 3.63) is 52.1 Å². The van der Waals surface area contributed by atoms with E-state index in [0.717, 1.165) is 24.3 Å². The van der Waals surface area contributed by atoms with Gasteiger partial charge in [0.2, 0.25) is 0 Å². The smallest absolute Gasteiger partial charge is 0.328 e. The van der Waals surface area contributed by atoms with E-state index in [2.05, 4.69) is 11.9 Å². The minimum atomic E-state index is -1.26. The number of carboxylic acid groups (broad SMARTS) is 2. The molecule has 3 aliphatic rings. The molecule has 28 heavy (non-hydrogen) atoms. The number of carboxylic acids is 2. The Morgan fingerprint density at radius 3 is 2.32 bits per heavy atom. The summed E-state index contributed by atoms with van der Waals surface area (Å²) in [5, 5.41) is 26.5. The summed E-state index contributed by atoms with van der Waals surface area (Å²) in [5.41, 5.74) is 1.81. The van der Waals surface area contributed by atoms with E-state index in [4.69, 9.17) is 10.2 Å². The second kappa shape index (κ2) is 7.71. The van der Waals surface area contributed by atoms with Gasteiger partial charge in [-0.15, -0.1) is 0 Å². The van der Waals surface area contributed by atoms with E-state index in [9.17, 15) is 19.7 Å². The molecule has 2 bridgehead atoms. The minimum Gasteiger partial charge on any atom is -0.478 e. The first-order chi connectivity index (χ1) is 13.2. The van der Waals surface area contributed by atoms with Crippen LogP contribution < -0.4 is 0 Å². The van der Waals surface area contributed by atoms with Gasteiger partial charge in [-0.3, -0.25) is 10.1 Å². The van der Waals surface area contributed by atoms with Crippen molar-refractivity contribution in [3.63, 3.8) is 0 Å². The summed E-state index contributed by atoms with van der Waals surface area (Å²) in [5.74, 6) is -0.100. The first kappa shape index (κ1) is 20.0. The fourth-order valence-corrected chi connectivity index (χ4v) is 5.56. The van der Waals surface area contributed by atoms with Crippen LogP contribution in [0.5, 0.6) is 0 Å². The Bertz CT molecular complexity index is 789. The molecule has 0 amide bonds. The highest BCUT2D eigenvalue weighted by molar-refractivity contribution is 5.89. The van der Waals surface area contributed by atoms with E-state index in [0.29, 0.717) is 12.2 Å². The molecule has 0 radical (unpaired) electrons. The minimum absolute atomic E-state index is 0.205. The molecule has 1 aromatic rings. The van der Waals surface area contributed by atoms with Crippen LogP contribution in [0.1, 0.15) is 24.8 Å². The molecule has 150 valence electrons. The number of carbonyl (C=O) groups is 2. The second-order valence-electron chi connectivity index (χ2n) is 7.93. The topological polar surface area (TPSA) is 121 Å². The van der Waals surface area contributed by atoms with Crippen LogP contribution in [-0.2, 0) is 15.0 Å². The quantitative estimate of drug-likeness (QED) is 0.462. The van der Waals surface area contributed by atoms with Crippen LogP contribution in [0.15, 0.2) is 36.4 Å². The van der Waals surface area contributed by atoms with Gasteiger partial charge in [0.05, 0.1) is 4.92 Å². The van der Waals surface area contributed by atoms with Gasteiger partial charge in [-0.25, -0.2) is 9.59 Å². The summed E-state index contributed by atoms with van der Waals surface area (Å²) < 4.78 is 0. The fraction of sp³-hybridized carbons (Fsp3) is 0.500. The fourth-order valence-electron chi connectivity index (χ4n) is 5.56. The number of rotatable bonds is 4. The number of benzene rings is 1. The highest BCUT2D eigenvalue weighted by Gasteiger charge is 2.61. The molecule has 1 heterocycles. The normalized spacial score (nSPS) is 30.7. The zero-order valence-corrected chi connectivity index (χ0v) is 15.7. The third-order valence-electron chi connectivity index (χ3n) is 6.46. The summed E-state index contributed by atoms with van der Waals surface area (Å²) in [6.45, 7) is 2.31. The van der Waals surface area contributed by atoms with Crippen molar-refractivity contribution < 1.29 is 24.7 Å². The molecular formula is C20H24N2O6. The number of fused-ring (bicyclic) bond motifs is 5. The van der Waals surface area contributed by atoms with E-state index in [1.807, 2.05) is 12.1 Å². The number of hydrogen-bond donors (Lipinski definition) is 2. The Morgan fingerprint density at radius 1 is 1.18 bits per heavy atom. The molecule has 1 aromatic carbocycles. The molecular weight excluding hydrogens is 364 g/mol. The maximum atomic E-state index is 10.8. The Labute approximate surface area is 162 Å². The van der Waals surface area contributed by atoms with E-state index in [1.54, 1.807) is 12.1 Å². The number of nitro groups is 1. The third-order valence-corrected chi connectivity index (χ3v) is 6.46. The summed E-state index contributed by atoms with van der Waals surface area (Å²) in [4.78, 5) is 32.1. The maximum Gasteiger partial charge on any atom is 0.328 e. The number of hydrogen-bond acceptors (Lipinski definition) is 5. The SMILES string of the molecule is CN1CC2C3CCC(C3)C2(c2ccc([N+](=O)[O-])cc2)C1.O=C(O)C=CC(=O)O. The van der Waals surface area contributed by atoms with Crippen molar-refractivity contribution >= 4 is 17.6 Å². The molecule has 1 saturated heterocycles. The number of aliphatic carboxylic acids is 2. The second-order valence-corrected chi connectivity index (χ2v) is 7.93. The number of non-ortho nitro benzene ring substituents is 1. The lowest BCUT2D eigenvalue weighted by molar-refractivity contribution is -0.384. The van der Waals surface area contributed by atoms with E-state index in [1.165, 1.54) is 31.4 Å². The Hall–Kier alpha value is -2.74. The van der Waals surface area contributed by atoms with Crippen molar-refractivity contribution in [1.82, 2.24) is 4.90 Å². The summed E-state index contributed by atoms with van der Waals surface area (Å²) in [6, 6.07) is 7.41. The molecule has 0 spiro atoms. The molecule has 2 aliphatic carbocycles. The van der Waals surface area contributed by atoms with Gasteiger partial charge in [0.15, 0.2) is 0 Å². The lowest BCUT2D eigenvalue weighted by Gasteiger charge is -2.39. The standard InChI is InChI=1S/C16H20N2O2.C4H4O4/c1-17-9-15-11-2-3-13(8-11)16(15,10-17)12-4-6-14(7-5-12)18(19)20;5-3(6)1-2-4(7)8/h4-7,11,13,15H,2-3,8-10H2,1H3;1-2H,(H,5,6)(H,7,8). The molecule has 4 rings (SSSR count). The van der Waals surface area contributed by atoms with E-state index >= 15 is 0 Å². The van der Waals surface area contributed by atoms with Crippen molar-refractivity contribution in [3.8, 4) is 0 Å². The van der Waals surface area contributed by atoms with Gasteiger partial charge in [0.1, 0.15) is 0 Å². The number of likely N-dealkylation sites (N-methyl/N-ethyl adjacent to an activating group) is 1. The highest BCUT2D eigenvalue weighted by Crippen LogP contribution is 2.63. The van der Waals surface area contributed by atoms with Crippen molar-refractivity contribution in [2.24, 2.45) is 17.8 Å². The van der Waals surface area contributed by atoms with E-state index < -0.39 is 11.9 Å². The molecule has 2 saturated carbocycles. The Balaban J connectivity index is 0.000000242. The summed E-state index contributed by atoms with van der Waals surface area (Å²) in [6.07, 6.45) is 5.21. The maximum absolute atomic E-state index is 10.8. The van der Waals surface area contributed by atoms with Crippen LogP contribution in [0, 0.1) is 27.9 Å². The van der Waals surface area contributed by atoms with Crippen LogP contribution >= 0.6 is 0 Å². The van der Waals surface area contributed by atoms with E-state index in [-0.39, 0.29) is 16.0 Å². The third kappa shape index (κ3) is 3.64. The zero-order chi connectivity index (χ0) is 20.5. The van der Waals surface area contributed by atoms with Crippen molar-refractivity contribution in [2.75, 3.05) is 20.1 Å². The molecule has 3 fully saturated rings. The van der Waals surface area contributed by atoms with Crippen LogP contribution in [0.4, 0.5) is 5.69 Å². The number of nitrogens with zero attached hydrogens (tertiary/aromatic N) is 2. The van der Waals surface area contributed by atoms with Crippen molar-refractivity contribution in [2.45, 2.75) is 24.7 Å². The lowest BCUT2D eigenvalue weighted by atomic mass is 9.64. The highest BCUT2D eigenvalue weighted by atomic mass is 16.6. The molecule has 4 atom stereocenters. The molecule has 1 aliphatic heterocycles.